The molecule has 0 bridgehead atoms. The summed E-state index contributed by atoms with van der Waals surface area (Å²) in [5, 5.41) is 10.6. The van der Waals surface area contributed by atoms with Crippen molar-refractivity contribution in [3.05, 3.63) is 0 Å². The molecule has 84 valence electrons. The Morgan fingerprint density at radius 2 is 2.40 bits per heavy atom. The quantitative estimate of drug-likeness (QED) is 0.587. The number of nitrogens with zero attached hydrogens (tertiary/aromatic N) is 1. The predicted molar refractivity (Wildman–Crippen MR) is 48.7 cm³/mol. The summed E-state index contributed by atoms with van der Waals surface area (Å²) in [6.07, 6.45) is 2.15. The third kappa shape index (κ3) is 2.28. The summed E-state index contributed by atoms with van der Waals surface area (Å²) in [5.41, 5.74) is 0. The summed E-state index contributed by atoms with van der Waals surface area (Å²) in [6.45, 7) is 1.56. The third-order valence-corrected chi connectivity index (χ3v) is 3.00. The molecule has 1 amide bonds. The average Bonchev–Trinajstić information content (AvgIpc) is 2.77. The molecule has 15 heavy (non-hydrogen) atoms. The largest absolute Gasteiger partial charge is 0.550 e. The second kappa shape index (κ2) is 4.18. The molecule has 2 fully saturated rings. The molecule has 0 aromatic heterocycles. The highest BCUT2D eigenvalue weighted by atomic mass is 16.5. The van der Waals surface area contributed by atoms with E-state index in [1.54, 1.807) is 4.90 Å². The minimum atomic E-state index is -1.13. The Labute approximate surface area is 88.0 Å². The van der Waals surface area contributed by atoms with E-state index in [-0.39, 0.29) is 25.0 Å². The molecule has 2 rings (SSSR count). The predicted octanol–water partition coefficient (Wildman–Crippen LogP) is -1.24. The highest BCUT2D eigenvalue weighted by Gasteiger charge is 2.32. The van der Waals surface area contributed by atoms with Crippen LogP contribution in [-0.2, 0) is 14.3 Å². The molecule has 0 aromatic rings. The number of amides is 1. The van der Waals surface area contributed by atoms with Gasteiger partial charge in [0.1, 0.15) is 0 Å². The number of carboxylic acid groups (broad SMARTS) is 1. The van der Waals surface area contributed by atoms with Gasteiger partial charge in [0, 0.05) is 38.0 Å². The third-order valence-electron chi connectivity index (χ3n) is 3.00. The molecule has 2 aliphatic heterocycles. The van der Waals surface area contributed by atoms with E-state index in [1.807, 2.05) is 0 Å². The molecule has 0 spiro atoms. The van der Waals surface area contributed by atoms with E-state index in [0.29, 0.717) is 6.54 Å². The van der Waals surface area contributed by atoms with Crippen LogP contribution in [0.25, 0.3) is 0 Å². The number of rotatable bonds is 3. The molecule has 0 radical (unpaired) electrons. The number of ether oxygens (including phenoxy) is 1. The summed E-state index contributed by atoms with van der Waals surface area (Å²) in [4.78, 5) is 23.6. The second-order valence-corrected chi connectivity index (χ2v) is 4.15. The molecule has 0 aliphatic carbocycles. The Bertz CT molecular complexity index is 273. The van der Waals surface area contributed by atoms with Crippen LogP contribution in [0, 0.1) is 5.92 Å². The van der Waals surface area contributed by atoms with Crippen molar-refractivity contribution in [3.8, 4) is 0 Å². The normalized spacial score (nSPS) is 31.2. The minimum Gasteiger partial charge on any atom is -0.550 e. The number of carboxylic acids is 1. The van der Waals surface area contributed by atoms with Crippen molar-refractivity contribution in [3.63, 3.8) is 0 Å². The average molecular weight is 212 g/mol. The summed E-state index contributed by atoms with van der Waals surface area (Å²) >= 11 is 0. The van der Waals surface area contributed by atoms with Gasteiger partial charge in [0.05, 0.1) is 6.10 Å². The highest BCUT2D eigenvalue weighted by molar-refractivity contribution is 5.85. The Morgan fingerprint density at radius 1 is 1.60 bits per heavy atom. The molecular formula is C10H14NO4-. The van der Waals surface area contributed by atoms with Crippen LogP contribution >= 0.6 is 0 Å². The van der Waals surface area contributed by atoms with E-state index < -0.39 is 11.9 Å². The number of hydrogen-bond acceptors (Lipinski definition) is 4. The fraction of sp³-hybridized carbons (Fsp3) is 0.800. The lowest BCUT2D eigenvalue weighted by Crippen LogP contribution is -2.36. The molecule has 5 heteroatoms. The van der Waals surface area contributed by atoms with Gasteiger partial charge in [-0.05, 0) is 12.8 Å². The maximum Gasteiger partial charge on any atom is 0.223 e. The van der Waals surface area contributed by atoms with E-state index in [2.05, 4.69) is 0 Å². The van der Waals surface area contributed by atoms with Gasteiger partial charge in [-0.1, -0.05) is 0 Å². The number of hydrogen-bond donors (Lipinski definition) is 0. The zero-order valence-corrected chi connectivity index (χ0v) is 8.48. The number of carbonyl (C=O) groups excluding carboxylic acids is 2. The van der Waals surface area contributed by atoms with Gasteiger partial charge in [0.15, 0.2) is 0 Å². The molecule has 2 aliphatic rings. The van der Waals surface area contributed by atoms with Gasteiger partial charge in [-0.3, -0.25) is 4.79 Å². The van der Waals surface area contributed by atoms with Crippen molar-refractivity contribution in [1.82, 2.24) is 4.90 Å². The first-order chi connectivity index (χ1) is 7.16. The standard InChI is InChI=1S/C10H15NO4/c12-9-4-7(10(13)14)5-11(9)6-8-2-1-3-15-8/h7-8H,1-6H2,(H,13,14)/p-1/t7-,8-/m1/s1. The molecule has 0 aromatic carbocycles. The van der Waals surface area contributed by atoms with Crippen LogP contribution in [0.1, 0.15) is 19.3 Å². The maximum atomic E-state index is 11.5. The van der Waals surface area contributed by atoms with Crippen molar-refractivity contribution in [2.45, 2.75) is 25.4 Å². The first-order valence-electron chi connectivity index (χ1n) is 5.27. The Hall–Kier alpha value is -1.10. The van der Waals surface area contributed by atoms with Gasteiger partial charge >= 0.3 is 0 Å². The fourth-order valence-corrected chi connectivity index (χ4v) is 2.14. The van der Waals surface area contributed by atoms with Crippen LogP contribution < -0.4 is 5.11 Å². The molecule has 0 N–H and O–H groups in total. The van der Waals surface area contributed by atoms with E-state index in [9.17, 15) is 14.7 Å². The molecule has 0 unspecified atom stereocenters. The van der Waals surface area contributed by atoms with Gasteiger partial charge in [0.2, 0.25) is 5.91 Å². The van der Waals surface area contributed by atoms with E-state index in [1.165, 1.54) is 0 Å². The Balaban J connectivity index is 1.87. The topological polar surface area (TPSA) is 69.7 Å². The summed E-state index contributed by atoms with van der Waals surface area (Å²) < 4.78 is 5.40. The zero-order chi connectivity index (χ0) is 10.8. The van der Waals surface area contributed by atoms with Crippen molar-refractivity contribution >= 4 is 11.9 Å². The lowest BCUT2D eigenvalue weighted by molar-refractivity contribution is -0.311. The van der Waals surface area contributed by atoms with Gasteiger partial charge in [-0.25, -0.2) is 0 Å². The van der Waals surface area contributed by atoms with Crippen LogP contribution in [0.5, 0.6) is 0 Å². The first kappa shape index (κ1) is 10.4. The number of likely N-dealkylation sites (tertiary alicyclic amines) is 1. The molecule has 2 atom stereocenters. The summed E-state index contributed by atoms with van der Waals surface area (Å²) in [6, 6.07) is 0. The Kier molecular flexibility index (Phi) is 2.90. The lowest BCUT2D eigenvalue weighted by Gasteiger charge is -2.20. The van der Waals surface area contributed by atoms with Crippen molar-refractivity contribution in [2.75, 3.05) is 19.7 Å². The maximum absolute atomic E-state index is 11.5. The Morgan fingerprint density at radius 3 is 2.93 bits per heavy atom. The van der Waals surface area contributed by atoms with E-state index >= 15 is 0 Å². The van der Waals surface area contributed by atoms with E-state index in [4.69, 9.17) is 4.74 Å². The monoisotopic (exact) mass is 212 g/mol. The van der Waals surface area contributed by atoms with Gasteiger partial charge in [-0.2, -0.15) is 0 Å². The second-order valence-electron chi connectivity index (χ2n) is 4.15. The lowest BCUT2D eigenvalue weighted by atomic mass is 10.1. The van der Waals surface area contributed by atoms with Crippen molar-refractivity contribution in [2.24, 2.45) is 5.92 Å². The molecule has 2 heterocycles. The van der Waals surface area contributed by atoms with Crippen LogP contribution in [0.3, 0.4) is 0 Å². The van der Waals surface area contributed by atoms with Crippen molar-refractivity contribution in [1.29, 1.82) is 0 Å². The minimum absolute atomic E-state index is 0.0784. The molecule has 2 saturated heterocycles. The van der Waals surface area contributed by atoms with Crippen molar-refractivity contribution < 1.29 is 19.4 Å². The van der Waals surface area contributed by atoms with Crippen LogP contribution in [0.2, 0.25) is 0 Å². The molecular weight excluding hydrogens is 198 g/mol. The molecule has 0 saturated carbocycles. The number of aliphatic carboxylic acids is 1. The zero-order valence-electron chi connectivity index (χ0n) is 8.48. The molecule has 5 nitrogen and oxygen atoms in total. The van der Waals surface area contributed by atoms with Gasteiger partial charge in [0.25, 0.3) is 0 Å². The smallest absolute Gasteiger partial charge is 0.223 e. The van der Waals surface area contributed by atoms with Crippen LogP contribution in [-0.4, -0.2) is 42.6 Å². The summed E-state index contributed by atoms with van der Waals surface area (Å²) in [5.74, 6) is -1.86. The first-order valence-corrected chi connectivity index (χ1v) is 5.27. The van der Waals surface area contributed by atoms with Gasteiger partial charge in [-0.15, -0.1) is 0 Å². The summed E-state index contributed by atoms with van der Waals surface area (Å²) in [7, 11) is 0. The van der Waals surface area contributed by atoms with E-state index in [0.717, 1.165) is 19.4 Å². The number of carbonyl (C=O) groups is 2. The van der Waals surface area contributed by atoms with Gasteiger partial charge < -0.3 is 19.5 Å². The fourth-order valence-electron chi connectivity index (χ4n) is 2.14. The van der Waals surface area contributed by atoms with Crippen LogP contribution in [0.4, 0.5) is 0 Å². The SMILES string of the molecule is O=C([O-])[C@@H]1CC(=O)N(C[C@H]2CCCO2)C1. The van der Waals surface area contributed by atoms with Crippen LogP contribution in [0.15, 0.2) is 0 Å². The highest BCUT2D eigenvalue weighted by Crippen LogP contribution is 2.20.